The molecule has 2 aromatic carbocycles. The third-order valence-electron chi connectivity index (χ3n) is 3.64. The largest absolute Gasteiger partial charge is 0.496 e. The second kappa shape index (κ2) is 8.49. The van der Waals surface area contributed by atoms with Gasteiger partial charge in [0.2, 0.25) is 5.91 Å². The van der Waals surface area contributed by atoms with Crippen molar-refractivity contribution in [3.05, 3.63) is 59.0 Å². The minimum atomic E-state index is -0.933. The van der Waals surface area contributed by atoms with E-state index in [0.717, 1.165) is 35.0 Å². The molecular formula is C19H16F2N2O2S2. The summed E-state index contributed by atoms with van der Waals surface area (Å²) in [4.78, 5) is 17.0. The fourth-order valence-corrected chi connectivity index (χ4v) is 3.80. The van der Waals surface area contributed by atoms with Crippen LogP contribution in [0.15, 0.2) is 46.7 Å². The van der Waals surface area contributed by atoms with Gasteiger partial charge in [-0.15, -0.1) is 23.1 Å². The highest BCUT2D eigenvalue weighted by Gasteiger charge is 2.13. The third-order valence-corrected chi connectivity index (χ3v) is 5.39. The van der Waals surface area contributed by atoms with E-state index in [1.54, 1.807) is 7.11 Å². The number of carbonyl (C=O) groups is 1. The summed E-state index contributed by atoms with van der Waals surface area (Å²) in [5.74, 6) is -1.35. The average Bonchev–Trinajstić information content (AvgIpc) is 3.11. The maximum absolute atomic E-state index is 13.2. The number of ether oxygens (including phenoxy) is 1. The van der Waals surface area contributed by atoms with Gasteiger partial charge in [-0.2, -0.15) is 0 Å². The van der Waals surface area contributed by atoms with Gasteiger partial charge in [0.15, 0.2) is 16.8 Å². The molecule has 0 aliphatic carbocycles. The fraction of sp³-hybridized carbons (Fsp3) is 0.158. The number of amides is 1. The molecule has 0 unspecified atom stereocenters. The van der Waals surface area contributed by atoms with E-state index in [9.17, 15) is 13.6 Å². The van der Waals surface area contributed by atoms with Crippen molar-refractivity contribution in [1.82, 2.24) is 4.98 Å². The van der Waals surface area contributed by atoms with Crippen LogP contribution in [0.4, 0.5) is 13.9 Å². The molecule has 0 aliphatic rings. The predicted octanol–water partition coefficient (Wildman–Crippen LogP) is 5.14. The SMILES string of the molecule is COc1ccc(C)cc1-c1csc(NC(=O)CSc2ccc(F)c(F)c2)n1. The van der Waals surface area contributed by atoms with E-state index in [1.165, 1.54) is 17.4 Å². The predicted molar refractivity (Wildman–Crippen MR) is 105 cm³/mol. The molecule has 27 heavy (non-hydrogen) atoms. The van der Waals surface area contributed by atoms with Crippen LogP contribution in [-0.2, 0) is 4.79 Å². The third kappa shape index (κ3) is 4.84. The van der Waals surface area contributed by atoms with Gasteiger partial charge in [-0.1, -0.05) is 11.6 Å². The van der Waals surface area contributed by atoms with Crippen LogP contribution in [0, 0.1) is 18.6 Å². The highest BCUT2D eigenvalue weighted by molar-refractivity contribution is 8.00. The van der Waals surface area contributed by atoms with E-state index in [0.29, 0.717) is 21.5 Å². The Morgan fingerprint density at radius 3 is 2.78 bits per heavy atom. The fourth-order valence-electron chi connectivity index (χ4n) is 2.35. The topological polar surface area (TPSA) is 51.2 Å². The first-order valence-corrected chi connectivity index (χ1v) is 9.81. The van der Waals surface area contributed by atoms with Crippen LogP contribution in [-0.4, -0.2) is 23.8 Å². The van der Waals surface area contributed by atoms with Crippen LogP contribution in [0.25, 0.3) is 11.3 Å². The monoisotopic (exact) mass is 406 g/mol. The zero-order chi connectivity index (χ0) is 19.4. The normalized spacial score (nSPS) is 10.7. The number of aromatic nitrogens is 1. The quantitative estimate of drug-likeness (QED) is 0.576. The van der Waals surface area contributed by atoms with E-state index in [2.05, 4.69) is 10.3 Å². The molecule has 140 valence electrons. The van der Waals surface area contributed by atoms with Gasteiger partial charge >= 0.3 is 0 Å². The van der Waals surface area contributed by atoms with Gasteiger partial charge in [0.1, 0.15) is 5.75 Å². The molecule has 1 N–H and O–H groups in total. The zero-order valence-electron chi connectivity index (χ0n) is 14.6. The Balaban J connectivity index is 1.64. The Morgan fingerprint density at radius 2 is 2.04 bits per heavy atom. The first-order chi connectivity index (χ1) is 13.0. The second-order valence-electron chi connectivity index (χ2n) is 5.65. The molecule has 3 rings (SSSR count). The van der Waals surface area contributed by atoms with E-state index in [4.69, 9.17) is 4.74 Å². The summed E-state index contributed by atoms with van der Waals surface area (Å²) < 4.78 is 31.5. The maximum Gasteiger partial charge on any atom is 0.236 e. The van der Waals surface area contributed by atoms with Crippen molar-refractivity contribution in [3.63, 3.8) is 0 Å². The van der Waals surface area contributed by atoms with E-state index in [1.807, 2.05) is 30.5 Å². The highest BCUT2D eigenvalue weighted by atomic mass is 32.2. The van der Waals surface area contributed by atoms with Gasteiger partial charge < -0.3 is 10.1 Å². The number of aryl methyl sites for hydroxylation is 1. The molecule has 1 heterocycles. The number of anilines is 1. The standard InChI is InChI=1S/C19H16F2N2O2S2/c1-11-3-6-17(25-2)13(7-11)16-9-27-19(22-16)23-18(24)10-26-12-4-5-14(20)15(21)8-12/h3-9H,10H2,1-2H3,(H,22,23,24). The van der Waals surface area contributed by atoms with Gasteiger partial charge in [-0.05, 0) is 37.3 Å². The van der Waals surface area contributed by atoms with Gasteiger partial charge in [0.05, 0.1) is 18.6 Å². The highest BCUT2D eigenvalue weighted by Crippen LogP contribution is 2.33. The molecule has 0 saturated heterocycles. The van der Waals surface area contributed by atoms with E-state index < -0.39 is 11.6 Å². The molecule has 3 aromatic rings. The molecule has 0 spiro atoms. The summed E-state index contributed by atoms with van der Waals surface area (Å²) >= 11 is 2.43. The number of halogens is 2. The summed E-state index contributed by atoms with van der Waals surface area (Å²) in [6, 6.07) is 9.34. The molecule has 8 heteroatoms. The Hall–Kier alpha value is -2.45. The molecule has 0 fully saturated rings. The lowest BCUT2D eigenvalue weighted by molar-refractivity contribution is -0.113. The molecule has 0 radical (unpaired) electrons. The molecule has 1 amide bonds. The molecule has 4 nitrogen and oxygen atoms in total. The number of thioether (sulfide) groups is 1. The van der Waals surface area contributed by atoms with Crippen molar-refractivity contribution in [3.8, 4) is 17.0 Å². The number of carbonyl (C=O) groups excluding carboxylic acids is 1. The Kier molecular flexibility index (Phi) is 6.08. The number of nitrogens with zero attached hydrogens (tertiary/aromatic N) is 1. The van der Waals surface area contributed by atoms with Crippen molar-refractivity contribution >= 4 is 34.1 Å². The Morgan fingerprint density at radius 1 is 1.22 bits per heavy atom. The maximum atomic E-state index is 13.2. The molecular weight excluding hydrogens is 390 g/mol. The number of methoxy groups -OCH3 is 1. The second-order valence-corrected chi connectivity index (χ2v) is 7.56. The number of hydrogen-bond donors (Lipinski definition) is 1. The molecule has 0 saturated carbocycles. The average molecular weight is 406 g/mol. The number of rotatable bonds is 6. The number of nitrogens with one attached hydrogen (secondary N) is 1. The van der Waals surface area contributed by atoms with Crippen LogP contribution in [0.3, 0.4) is 0 Å². The van der Waals surface area contributed by atoms with Crippen molar-refractivity contribution < 1.29 is 18.3 Å². The van der Waals surface area contributed by atoms with Gasteiger partial charge in [-0.3, -0.25) is 4.79 Å². The smallest absolute Gasteiger partial charge is 0.236 e. The summed E-state index contributed by atoms with van der Waals surface area (Å²) in [6.45, 7) is 1.98. The number of hydrogen-bond acceptors (Lipinski definition) is 5. The molecule has 1 aromatic heterocycles. The van der Waals surface area contributed by atoms with Crippen LogP contribution < -0.4 is 10.1 Å². The lowest BCUT2D eigenvalue weighted by Gasteiger charge is -2.07. The van der Waals surface area contributed by atoms with Crippen LogP contribution >= 0.6 is 23.1 Å². The van der Waals surface area contributed by atoms with Crippen molar-refractivity contribution in [2.24, 2.45) is 0 Å². The van der Waals surface area contributed by atoms with Crippen LogP contribution in [0.5, 0.6) is 5.75 Å². The number of benzene rings is 2. The molecule has 0 aliphatic heterocycles. The minimum absolute atomic E-state index is 0.0632. The first kappa shape index (κ1) is 19.3. The lowest BCUT2D eigenvalue weighted by Crippen LogP contribution is -2.13. The minimum Gasteiger partial charge on any atom is -0.496 e. The molecule has 0 bridgehead atoms. The Bertz CT molecular complexity index is 976. The zero-order valence-corrected chi connectivity index (χ0v) is 16.2. The first-order valence-electron chi connectivity index (χ1n) is 7.94. The summed E-state index contributed by atoms with van der Waals surface area (Å²) in [7, 11) is 1.60. The molecule has 0 atom stereocenters. The number of thiazole rings is 1. The van der Waals surface area contributed by atoms with Gasteiger partial charge in [0.25, 0.3) is 0 Å². The van der Waals surface area contributed by atoms with E-state index in [-0.39, 0.29) is 11.7 Å². The van der Waals surface area contributed by atoms with Gasteiger partial charge in [-0.25, -0.2) is 13.8 Å². The van der Waals surface area contributed by atoms with Crippen molar-refractivity contribution in [2.75, 3.05) is 18.2 Å². The summed E-state index contributed by atoms with van der Waals surface area (Å²) in [5, 5.41) is 5.02. The van der Waals surface area contributed by atoms with Crippen molar-refractivity contribution in [1.29, 1.82) is 0 Å². The van der Waals surface area contributed by atoms with Crippen LogP contribution in [0.2, 0.25) is 0 Å². The summed E-state index contributed by atoms with van der Waals surface area (Å²) in [6.07, 6.45) is 0. The van der Waals surface area contributed by atoms with Crippen molar-refractivity contribution in [2.45, 2.75) is 11.8 Å². The summed E-state index contributed by atoms with van der Waals surface area (Å²) in [5.41, 5.74) is 2.64. The lowest BCUT2D eigenvalue weighted by atomic mass is 10.1. The van der Waals surface area contributed by atoms with E-state index >= 15 is 0 Å². The Labute approximate surface area is 163 Å². The van der Waals surface area contributed by atoms with Crippen LogP contribution in [0.1, 0.15) is 5.56 Å². The van der Waals surface area contributed by atoms with Gasteiger partial charge in [0, 0.05) is 15.8 Å².